The van der Waals surface area contributed by atoms with Crippen molar-refractivity contribution in [3.63, 3.8) is 0 Å². The SMILES string of the molecule is CCOC(=O)C1CCN(C(=NC)NCCc2ccc(Br)s2)CC1.I. The molecule has 1 saturated heterocycles. The maximum absolute atomic E-state index is 11.8. The first-order valence-electron chi connectivity index (χ1n) is 8.00. The Labute approximate surface area is 173 Å². The highest BCUT2D eigenvalue weighted by Crippen LogP contribution is 2.22. The molecule has 8 heteroatoms. The van der Waals surface area contributed by atoms with Crippen molar-refractivity contribution in [3.05, 3.63) is 20.8 Å². The zero-order valence-electron chi connectivity index (χ0n) is 14.1. The smallest absolute Gasteiger partial charge is 0.309 e. The van der Waals surface area contributed by atoms with Gasteiger partial charge in [-0.3, -0.25) is 9.79 Å². The molecule has 136 valence electrons. The fraction of sp³-hybridized carbons (Fsp3) is 0.625. The summed E-state index contributed by atoms with van der Waals surface area (Å²) in [5, 5.41) is 3.42. The second-order valence-corrected chi connectivity index (χ2v) is 7.99. The lowest BCUT2D eigenvalue weighted by atomic mass is 9.97. The molecule has 2 heterocycles. The van der Waals surface area contributed by atoms with Crippen molar-refractivity contribution in [1.29, 1.82) is 0 Å². The van der Waals surface area contributed by atoms with Gasteiger partial charge in [0.1, 0.15) is 0 Å². The summed E-state index contributed by atoms with van der Waals surface area (Å²) in [5.74, 6) is 0.897. The molecule has 0 amide bonds. The zero-order valence-corrected chi connectivity index (χ0v) is 18.8. The van der Waals surface area contributed by atoms with Gasteiger partial charge in [0.15, 0.2) is 5.96 Å². The van der Waals surface area contributed by atoms with Crippen molar-refractivity contribution in [3.8, 4) is 0 Å². The van der Waals surface area contributed by atoms with E-state index in [-0.39, 0.29) is 35.9 Å². The van der Waals surface area contributed by atoms with E-state index in [1.807, 2.05) is 14.0 Å². The predicted molar refractivity (Wildman–Crippen MR) is 113 cm³/mol. The van der Waals surface area contributed by atoms with E-state index in [1.165, 1.54) is 4.88 Å². The Morgan fingerprint density at radius 2 is 2.17 bits per heavy atom. The third-order valence-corrected chi connectivity index (χ3v) is 5.59. The van der Waals surface area contributed by atoms with Crippen molar-refractivity contribution in [2.45, 2.75) is 26.2 Å². The summed E-state index contributed by atoms with van der Waals surface area (Å²) in [6, 6.07) is 4.22. The Kier molecular flexibility index (Phi) is 10.2. The van der Waals surface area contributed by atoms with Gasteiger partial charge in [0.05, 0.1) is 16.3 Å². The normalized spacial score (nSPS) is 15.8. The molecule has 1 aliphatic heterocycles. The second-order valence-electron chi connectivity index (χ2n) is 5.44. The van der Waals surface area contributed by atoms with Crippen LogP contribution in [-0.4, -0.2) is 50.1 Å². The molecule has 1 aliphatic rings. The van der Waals surface area contributed by atoms with E-state index >= 15 is 0 Å². The number of rotatable bonds is 5. The molecule has 0 unspecified atom stereocenters. The summed E-state index contributed by atoms with van der Waals surface area (Å²) in [7, 11) is 1.81. The number of hydrogen-bond acceptors (Lipinski definition) is 4. The summed E-state index contributed by atoms with van der Waals surface area (Å²) in [6.07, 6.45) is 2.64. The molecule has 2 rings (SSSR count). The third-order valence-electron chi connectivity index (χ3n) is 3.91. The van der Waals surface area contributed by atoms with E-state index in [0.29, 0.717) is 6.61 Å². The molecule has 1 N–H and O–H groups in total. The molecular weight excluding hydrogens is 505 g/mol. The van der Waals surface area contributed by atoms with Crippen molar-refractivity contribution in [1.82, 2.24) is 10.2 Å². The number of esters is 1. The lowest BCUT2D eigenvalue weighted by molar-refractivity contribution is -0.149. The number of carbonyl (C=O) groups is 1. The van der Waals surface area contributed by atoms with Crippen LogP contribution >= 0.6 is 51.2 Å². The Morgan fingerprint density at radius 1 is 1.46 bits per heavy atom. The molecule has 0 spiro atoms. The topological polar surface area (TPSA) is 53.9 Å². The molecule has 1 aromatic heterocycles. The lowest BCUT2D eigenvalue weighted by Gasteiger charge is -2.33. The quantitative estimate of drug-likeness (QED) is 0.274. The molecule has 1 aromatic rings. The summed E-state index contributed by atoms with van der Waals surface area (Å²) in [5.41, 5.74) is 0. The van der Waals surface area contributed by atoms with Gasteiger partial charge in [0.25, 0.3) is 0 Å². The minimum atomic E-state index is -0.0571. The highest BCUT2D eigenvalue weighted by Gasteiger charge is 2.27. The standard InChI is InChI=1S/C16H24BrN3O2S.HI/c1-3-22-15(21)12-7-10-20(11-8-12)16(18-2)19-9-6-13-4-5-14(17)23-13;/h4-5,12H,3,6-11H2,1-2H3,(H,18,19);1H. The Morgan fingerprint density at radius 3 is 2.71 bits per heavy atom. The number of hydrogen-bond donors (Lipinski definition) is 1. The fourth-order valence-electron chi connectivity index (χ4n) is 2.70. The number of aliphatic imine (C=N–C) groups is 1. The number of likely N-dealkylation sites (tertiary alicyclic amines) is 1. The molecule has 0 bridgehead atoms. The van der Waals surface area contributed by atoms with Gasteiger partial charge in [-0.15, -0.1) is 35.3 Å². The maximum Gasteiger partial charge on any atom is 0.309 e. The minimum absolute atomic E-state index is 0. The number of piperidine rings is 1. The van der Waals surface area contributed by atoms with E-state index < -0.39 is 0 Å². The number of guanidine groups is 1. The number of thiophene rings is 1. The van der Waals surface area contributed by atoms with Gasteiger partial charge in [-0.05, 0) is 54.2 Å². The van der Waals surface area contributed by atoms with Crippen LogP contribution in [0.25, 0.3) is 0 Å². The second kappa shape index (κ2) is 11.3. The predicted octanol–water partition coefficient (Wildman–Crippen LogP) is 3.52. The first-order chi connectivity index (χ1) is 11.1. The summed E-state index contributed by atoms with van der Waals surface area (Å²) < 4.78 is 6.28. The van der Waals surface area contributed by atoms with Crippen LogP contribution in [0.1, 0.15) is 24.6 Å². The lowest BCUT2D eigenvalue weighted by Crippen LogP contribution is -2.47. The van der Waals surface area contributed by atoms with Crippen LogP contribution in [0, 0.1) is 5.92 Å². The number of carbonyl (C=O) groups excluding carboxylic acids is 1. The first-order valence-corrected chi connectivity index (χ1v) is 9.61. The largest absolute Gasteiger partial charge is 0.466 e. The molecule has 0 aromatic carbocycles. The van der Waals surface area contributed by atoms with Gasteiger partial charge in [0, 0.05) is 31.6 Å². The van der Waals surface area contributed by atoms with Gasteiger partial charge in [0.2, 0.25) is 0 Å². The minimum Gasteiger partial charge on any atom is -0.466 e. The van der Waals surface area contributed by atoms with Gasteiger partial charge in [-0.2, -0.15) is 0 Å². The van der Waals surface area contributed by atoms with E-state index in [4.69, 9.17) is 4.74 Å². The van der Waals surface area contributed by atoms with Crippen molar-refractivity contribution >= 4 is 63.2 Å². The number of ether oxygens (including phenoxy) is 1. The number of nitrogens with zero attached hydrogens (tertiary/aromatic N) is 2. The molecule has 24 heavy (non-hydrogen) atoms. The maximum atomic E-state index is 11.8. The van der Waals surface area contributed by atoms with Crippen LogP contribution in [0.3, 0.4) is 0 Å². The molecule has 1 fully saturated rings. The highest BCUT2D eigenvalue weighted by atomic mass is 127. The molecule has 0 saturated carbocycles. The summed E-state index contributed by atoms with van der Waals surface area (Å²) >= 11 is 5.25. The highest BCUT2D eigenvalue weighted by molar-refractivity contribution is 14.0. The Hall–Kier alpha value is -0.350. The number of halogens is 2. The molecule has 5 nitrogen and oxygen atoms in total. The van der Waals surface area contributed by atoms with Crippen LogP contribution in [0.15, 0.2) is 20.9 Å². The van der Waals surface area contributed by atoms with E-state index in [1.54, 1.807) is 11.3 Å². The van der Waals surface area contributed by atoms with E-state index in [0.717, 1.165) is 48.6 Å². The van der Waals surface area contributed by atoms with Crippen LogP contribution in [-0.2, 0) is 16.0 Å². The summed E-state index contributed by atoms with van der Waals surface area (Å²) in [6.45, 7) is 4.85. The Balaban J connectivity index is 0.00000288. The van der Waals surface area contributed by atoms with Crippen LogP contribution < -0.4 is 5.32 Å². The van der Waals surface area contributed by atoms with Gasteiger partial charge in [-0.25, -0.2) is 0 Å². The third kappa shape index (κ3) is 6.51. The molecule has 0 aliphatic carbocycles. The van der Waals surface area contributed by atoms with Crippen LogP contribution in [0.5, 0.6) is 0 Å². The summed E-state index contributed by atoms with van der Waals surface area (Å²) in [4.78, 5) is 19.7. The molecular formula is C16H25BrIN3O2S. The van der Waals surface area contributed by atoms with Crippen LogP contribution in [0.4, 0.5) is 0 Å². The average molecular weight is 530 g/mol. The van der Waals surface area contributed by atoms with Crippen molar-refractivity contribution < 1.29 is 9.53 Å². The van der Waals surface area contributed by atoms with Gasteiger partial charge in [-0.1, -0.05) is 0 Å². The molecule has 0 atom stereocenters. The monoisotopic (exact) mass is 529 g/mol. The molecule has 0 radical (unpaired) electrons. The van der Waals surface area contributed by atoms with Gasteiger partial charge >= 0.3 is 5.97 Å². The van der Waals surface area contributed by atoms with E-state index in [9.17, 15) is 4.79 Å². The van der Waals surface area contributed by atoms with Crippen molar-refractivity contribution in [2.24, 2.45) is 10.9 Å². The van der Waals surface area contributed by atoms with Crippen molar-refractivity contribution in [2.75, 3.05) is 33.3 Å². The van der Waals surface area contributed by atoms with Gasteiger partial charge < -0.3 is 15.0 Å². The Bertz CT molecular complexity index is 545. The first kappa shape index (κ1) is 21.7. The van der Waals surface area contributed by atoms with E-state index in [2.05, 4.69) is 43.3 Å². The fourth-order valence-corrected chi connectivity index (χ4v) is 4.19. The zero-order chi connectivity index (χ0) is 16.7. The van der Waals surface area contributed by atoms with Crippen LogP contribution in [0.2, 0.25) is 0 Å². The average Bonchev–Trinajstić information content (AvgIpc) is 2.97. The number of nitrogens with one attached hydrogen (secondary N) is 1.